The molecule has 0 unspecified atom stereocenters. The fraction of sp³-hybridized carbons (Fsp3) is 0.130. The van der Waals surface area contributed by atoms with E-state index >= 15 is 0 Å². The first-order valence-corrected chi connectivity index (χ1v) is 9.98. The lowest BCUT2D eigenvalue weighted by Gasteiger charge is -2.05. The van der Waals surface area contributed by atoms with Crippen LogP contribution in [0.5, 0.6) is 0 Å². The van der Waals surface area contributed by atoms with E-state index in [0.29, 0.717) is 5.75 Å². The SMILES string of the molecule is Cn1c(SCC(=O)c2ccc3c(c2)Cc2ccccc2-3)nc2ccccc21. The van der Waals surface area contributed by atoms with Crippen LogP contribution in [0.3, 0.4) is 0 Å². The van der Waals surface area contributed by atoms with Crippen LogP contribution in [0.25, 0.3) is 22.2 Å². The summed E-state index contributed by atoms with van der Waals surface area (Å²) in [6, 6.07) is 22.6. The highest BCUT2D eigenvalue weighted by Gasteiger charge is 2.19. The van der Waals surface area contributed by atoms with Gasteiger partial charge in [-0.1, -0.05) is 60.3 Å². The van der Waals surface area contributed by atoms with E-state index in [1.807, 2.05) is 41.9 Å². The van der Waals surface area contributed by atoms with Crippen molar-refractivity contribution >= 4 is 28.6 Å². The molecule has 1 heterocycles. The van der Waals surface area contributed by atoms with E-state index in [1.54, 1.807) is 0 Å². The molecule has 0 fully saturated rings. The van der Waals surface area contributed by atoms with E-state index in [2.05, 4.69) is 41.4 Å². The summed E-state index contributed by atoms with van der Waals surface area (Å²) in [5.41, 5.74) is 7.97. The Labute approximate surface area is 162 Å². The zero-order valence-electron chi connectivity index (χ0n) is 15.0. The Bertz CT molecular complexity index is 1190. The van der Waals surface area contributed by atoms with Crippen LogP contribution in [0.4, 0.5) is 0 Å². The first kappa shape index (κ1) is 16.3. The summed E-state index contributed by atoms with van der Waals surface area (Å²) in [4.78, 5) is 17.4. The number of carbonyl (C=O) groups excluding carboxylic acids is 1. The van der Waals surface area contributed by atoms with Crippen molar-refractivity contribution in [3.05, 3.63) is 83.4 Å². The number of thioether (sulfide) groups is 1. The van der Waals surface area contributed by atoms with E-state index in [0.717, 1.165) is 28.2 Å². The standard InChI is InChI=1S/C23H18N2OS/c1-25-21-9-5-4-8-20(21)24-23(25)27-14-22(26)16-10-11-19-17(13-16)12-15-6-2-3-7-18(15)19/h2-11,13H,12,14H2,1H3. The van der Waals surface area contributed by atoms with Crippen LogP contribution >= 0.6 is 11.8 Å². The summed E-state index contributed by atoms with van der Waals surface area (Å²) in [6.45, 7) is 0. The predicted molar refractivity (Wildman–Crippen MR) is 110 cm³/mol. The number of para-hydroxylation sites is 2. The molecule has 4 aromatic rings. The molecular formula is C23H18N2OS. The van der Waals surface area contributed by atoms with Crippen LogP contribution in [0.2, 0.25) is 0 Å². The molecule has 0 amide bonds. The Hall–Kier alpha value is -2.85. The number of imidazole rings is 1. The van der Waals surface area contributed by atoms with E-state index in [-0.39, 0.29) is 5.78 Å². The number of aromatic nitrogens is 2. The van der Waals surface area contributed by atoms with Gasteiger partial charge in [0.05, 0.1) is 16.8 Å². The average molecular weight is 370 g/mol. The Kier molecular flexibility index (Phi) is 3.87. The summed E-state index contributed by atoms with van der Waals surface area (Å²) in [5.74, 6) is 0.536. The lowest BCUT2D eigenvalue weighted by Crippen LogP contribution is -2.04. The molecule has 0 bridgehead atoms. The first-order valence-electron chi connectivity index (χ1n) is 8.99. The van der Waals surface area contributed by atoms with Gasteiger partial charge in [0.2, 0.25) is 0 Å². The second-order valence-corrected chi connectivity index (χ2v) is 7.80. The van der Waals surface area contributed by atoms with Gasteiger partial charge in [0, 0.05) is 12.6 Å². The molecule has 5 rings (SSSR count). The molecule has 27 heavy (non-hydrogen) atoms. The lowest BCUT2D eigenvalue weighted by molar-refractivity contribution is 0.102. The van der Waals surface area contributed by atoms with Crippen molar-refractivity contribution in [1.29, 1.82) is 0 Å². The molecule has 0 saturated heterocycles. The van der Waals surface area contributed by atoms with Gasteiger partial charge in [0.15, 0.2) is 10.9 Å². The third-order valence-electron chi connectivity index (χ3n) is 5.19. The molecule has 0 N–H and O–H groups in total. The topological polar surface area (TPSA) is 34.9 Å². The number of nitrogens with zero attached hydrogens (tertiary/aromatic N) is 2. The number of carbonyl (C=O) groups is 1. The molecule has 3 aromatic carbocycles. The molecular weight excluding hydrogens is 352 g/mol. The maximum atomic E-state index is 12.8. The van der Waals surface area contributed by atoms with Gasteiger partial charge in [-0.25, -0.2) is 4.98 Å². The largest absolute Gasteiger partial charge is 0.322 e. The second-order valence-electron chi connectivity index (χ2n) is 6.86. The van der Waals surface area contributed by atoms with Crippen LogP contribution in [0, 0.1) is 0 Å². The number of benzene rings is 3. The van der Waals surface area contributed by atoms with Crippen molar-refractivity contribution in [1.82, 2.24) is 9.55 Å². The molecule has 0 aliphatic heterocycles. The van der Waals surface area contributed by atoms with Crippen molar-refractivity contribution < 1.29 is 4.79 Å². The van der Waals surface area contributed by atoms with Crippen molar-refractivity contribution in [3.8, 4) is 11.1 Å². The van der Waals surface area contributed by atoms with E-state index in [9.17, 15) is 4.79 Å². The van der Waals surface area contributed by atoms with Crippen LogP contribution in [0.1, 0.15) is 21.5 Å². The molecule has 1 aromatic heterocycles. The number of aryl methyl sites for hydroxylation is 1. The monoisotopic (exact) mass is 370 g/mol. The Morgan fingerprint density at radius 3 is 2.67 bits per heavy atom. The van der Waals surface area contributed by atoms with E-state index in [4.69, 9.17) is 0 Å². The Balaban J connectivity index is 1.36. The number of rotatable bonds is 4. The smallest absolute Gasteiger partial charge is 0.173 e. The normalized spacial score (nSPS) is 12.2. The third kappa shape index (κ3) is 2.77. The van der Waals surface area contributed by atoms with Crippen molar-refractivity contribution in [2.75, 3.05) is 5.75 Å². The fourth-order valence-corrected chi connectivity index (χ4v) is 4.67. The molecule has 0 saturated carbocycles. The highest BCUT2D eigenvalue weighted by atomic mass is 32.2. The minimum Gasteiger partial charge on any atom is -0.322 e. The summed E-state index contributed by atoms with van der Waals surface area (Å²) in [5, 5.41) is 0.873. The van der Waals surface area contributed by atoms with Crippen molar-refractivity contribution in [3.63, 3.8) is 0 Å². The summed E-state index contributed by atoms with van der Waals surface area (Å²) < 4.78 is 2.05. The third-order valence-corrected chi connectivity index (χ3v) is 6.22. The quantitative estimate of drug-likeness (QED) is 0.325. The zero-order valence-corrected chi connectivity index (χ0v) is 15.8. The van der Waals surface area contributed by atoms with Crippen LogP contribution in [0.15, 0.2) is 71.9 Å². The highest BCUT2D eigenvalue weighted by molar-refractivity contribution is 7.99. The highest BCUT2D eigenvalue weighted by Crippen LogP contribution is 2.37. The molecule has 3 nitrogen and oxygen atoms in total. The van der Waals surface area contributed by atoms with Crippen molar-refractivity contribution in [2.45, 2.75) is 11.6 Å². The number of fused-ring (bicyclic) bond motifs is 4. The van der Waals surface area contributed by atoms with Crippen LogP contribution in [-0.4, -0.2) is 21.1 Å². The van der Waals surface area contributed by atoms with Gasteiger partial charge in [-0.3, -0.25) is 4.79 Å². The minimum absolute atomic E-state index is 0.144. The maximum Gasteiger partial charge on any atom is 0.173 e. The lowest BCUT2D eigenvalue weighted by atomic mass is 10.0. The van der Waals surface area contributed by atoms with Gasteiger partial charge in [0.1, 0.15) is 0 Å². The molecule has 0 spiro atoms. The number of ketones is 1. The molecule has 0 radical (unpaired) electrons. The number of hydrogen-bond donors (Lipinski definition) is 0. The van der Waals surface area contributed by atoms with Crippen LogP contribution < -0.4 is 0 Å². The fourth-order valence-electron chi connectivity index (χ4n) is 3.78. The molecule has 1 aliphatic carbocycles. The summed E-state index contributed by atoms with van der Waals surface area (Å²) in [6.07, 6.45) is 0.907. The molecule has 4 heteroatoms. The van der Waals surface area contributed by atoms with E-state index < -0.39 is 0 Å². The van der Waals surface area contributed by atoms with Gasteiger partial charge < -0.3 is 4.57 Å². The van der Waals surface area contributed by atoms with Crippen LogP contribution in [-0.2, 0) is 13.5 Å². The van der Waals surface area contributed by atoms with Gasteiger partial charge in [-0.05, 0) is 46.9 Å². The Morgan fingerprint density at radius 1 is 1.00 bits per heavy atom. The molecule has 132 valence electrons. The van der Waals surface area contributed by atoms with Gasteiger partial charge in [0.25, 0.3) is 0 Å². The first-order chi connectivity index (χ1) is 13.2. The van der Waals surface area contributed by atoms with Gasteiger partial charge >= 0.3 is 0 Å². The number of hydrogen-bond acceptors (Lipinski definition) is 3. The van der Waals surface area contributed by atoms with Crippen molar-refractivity contribution in [2.24, 2.45) is 7.05 Å². The molecule has 0 atom stereocenters. The predicted octanol–water partition coefficient (Wildman–Crippen LogP) is 5.12. The Morgan fingerprint density at radius 2 is 1.78 bits per heavy atom. The summed E-state index contributed by atoms with van der Waals surface area (Å²) in [7, 11) is 1.99. The average Bonchev–Trinajstić information content (AvgIpc) is 3.23. The second kappa shape index (κ2) is 6.39. The molecule has 1 aliphatic rings. The number of Topliss-reactive ketones (excluding diaryl/α,β-unsaturated/α-hetero) is 1. The van der Waals surface area contributed by atoms with Gasteiger partial charge in [-0.2, -0.15) is 0 Å². The zero-order chi connectivity index (χ0) is 18.4. The van der Waals surface area contributed by atoms with Gasteiger partial charge in [-0.15, -0.1) is 0 Å². The minimum atomic E-state index is 0.144. The maximum absolute atomic E-state index is 12.8. The summed E-state index contributed by atoms with van der Waals surface area (Å²) >= 11 is 1.50. The van der Waals surface area contributed by atoms with E-state index in [1.165, 1.54) is 34.0 Å².